The van der Waals surface area contributed by atoms with Crippen LogP contribution in [0.1, 0.15) is 187 Å². The molecule has 53 heavy (non-hydrogen) atoms. The standard InChI is InChI=1S/C44H85N2O6P/c1-6-8-10-12-14-16-18-19-20-21-22-23-24-25-26-27-28-30-32-34-36-38-44(48)45-42(41-52-53(49,50)51-40-39-46(3,4)5)43(47)37-35-33-31-29-17-15-13-11-9-7-2/h8,10,14,16,35,37,42-43,47H,6-7,9,11-13,15,17-34,36,38-41H2,1-5H3,(H-,45,48,49,50)/p+1/b10-8-,16-14-,37-35+. The normalized spacial score (nSPS) is 14.8. The lowest BCUT2D eigenvalue weighted by atomic mass is 10.0. The highest BCUT2D eigenvalue weighted by Crippen LogP contribution is 2.43. The van der Waals surface area contributed by atoms with Gasteiger partial charge in [-0.3, -0.25) is 13.8 Å². The molecule has 0 saturated carbocycles. The number of aliphatic hydroxyl groups excluding tert-OH is 1. The number of phosphoric ester groups is 1. The number of nitrogens with one attached hydrogen (secondary N) is 1. The third-order valence-corrected chi connectivity index (χ3v) is 10.6. The maximum absolute atomic E-state index is 12.8. The number of hydrogen-bond acceptors (Lipinski definition) is 5. The zero-order valence-electron chi connectivity index (χ0n) is 35.3. The van der Waals surface area contributed by atoms with Crippen molar-refractivity contribution in [2.24, 2.45) is 0 Å². The minimum Gasteiger partial charge on any atom is -0.387 e. The Morgan fingerprint density at radius 1 is 0.660 bits per heavy atom. The fourth-order valence-corrected chi connectivity index (χ4v) is 6.87. The van der Waals surface area contributed by atoms with Crippen molar-refractivity contribution in [1.82, 2.24) is 5.32 Å². The monoisotopic (exact) mass is 770 g/mol. The Labute approximate surface area is 327 Å². The van der Waals surface area contributed by atoms with Crippen molar-refractivity contribution < 1.29 is 32.9 Å². The third kappa shape index (κ3) is 38.8. The Morgan fingerprint density at radius 3 is 1.64 bits per heavy atom. The molecular weight excluding hydrogens is 683 g/mol. The van der Waals surface area contributed by atoms with Crippen LogP contribution in [0.15, 0.2) is 36.5 Å². The van der Waals surface area contributed by atoms with Gasteiger partial charge in [-0.25, -0.2) is 4.57 Å². The molecule has 312 valence electrons. The number of aliphatic hydroxyl groups is 1. The Morgan fingerprint density at radius 2 is 1.13 bits per heavy atom. The number of nitrogens with zero attached hydrogens (tertiary/aromatic N) is 1. The van der Waals surface area contributed by atoms with Crippen molar-refractivity contribution in [3.63, 3.8) is 0 Å². The van der Waals surface area contributed by atoms with Crippen molar-refractivity contribution in [1.29, 1.82) is 0 Å². The van der Waals surface area contributed by atoms with Crippen LogP contribution in [0.3, 0.4) is 0 Å². The van der Waals surface area contributed by atoms with Crippen molar-refractivity contribution in [3.05, 3.63) is 36.5 Å². The van der Waals surface area contributed by atoms with Crippen LogP contribution in [0.25, 0.3) is 0 Å². The summed E-state index contributed by atoms with van der Waals surface area (Å²) in [6.07, 6.45) is 43.6. The van der Waals surface area contributed by atoms with Gasteiger partial charge in [-0.15, -0.1) is 0 Å². The highest BCUT2D eigenvalue weighted by molar-refractivity contribution is 7.47. The maximum Gasteiger partial charge on any atom is 0.472 e. The van der Waals surface area contributed by atoms with E-state index < -0.39 is 20.0 Å². The molecule has 0 radical (unpaired) electrons. The highest BCUT2D eigenvalue weighted by Gasteiger charge is 2.27. The van der Waals surface area contributed by atoms with Gasteiger partial charge in [0.1, 0.15) is 13.2 Å². The van der Waals surface area contributed by atoms with E-state index in [4.69, 9.17) is 9.05 Å². The van der Waals surface area contributed by atoms with Crippen LogP contribution in [-0.4, -0.2) is 73.4 Å². The zero-order chi connectivity index (χ0) is 39.3. The fraction of sp³-hybridized carbons (Fsp3) is 0.841. The smallest absolute Gasteiger partial charge is 0.387 e. The van der Waals surface area contributed by atoms with Crippen LogP contribution in [0.4, 0.5) is 0 Å². The van der Waals surface area contributed by atoms with Gasteiger partial charge < -0.3 is 19.8 Å². The number of hydrogen-bond donors (Lipinski definition) is 3. The summed E-state index contributed by atoms with van der Waals surface area (Å²) >= 11 is 0. The third-order valence-electron chi connectivity index (χ3n) is 9.62. The minimum absolute atomic E-state index is 0.0616. The molecule has 0 heterocycles. The number of quaternary nitrogens is 1. The zero-order valence-corrected chi connectivity index (χ0v) is 36.1. The van der Waals surface area contributed by atoms with E-state index in [1.54, 1.807) is 6.08 Å². The van der Waals surface area contributed by atoms with E-state index in [0.29, 0.717) is 17.4 Å². The van der Waals surface area contributed by atoms with E-state index >= 15 is 0 Å². The molecule has 0 fully saturated rings. The molecule has 3 N–H and O–H groups in total. The first-order valence-electron chi connectivity index (χ1n) is 21.9. The number of carbonyl (C=O) groups excluding carboxylic acids is 1. The quantitative estimate of drug-likeness (QED) is 0.0249. The highest BCUT2D eigenvalue weighted by atomic mass is 31.2. The van der Waals surface area contributed by atoms with E-state index in [9.17, 15) is 19.4 Å². The molecule has 0 bridgehead atoms. The second-order valence-electron chi connectivity index (χ2n) is 16.0. The molecule has 0 saturated heterocycles. The molecule has 0 spiro atoms. The van der Waals surface area contributed by atoms with Gasteiger partial charge in [0.05, 0.1) is 39.9 Å². The van der Waals surface area contributed by atoms with Gasteiger partial charge in [-0.2, -0.15) is 0 Å². The summed E-state index contributed by atoms with van der Waals surface area (Å²) in [4.78, 5) is 23.1. The molecule has 0 aliphatic heterocycles. The molecule has 0 aliphatic rings. The predicted molar refractivity (Wildman–Crippen MR) is 226 cm³/mol. The van der Waals surface area contributed by atoms with Gasteiger partial charge in [-0.1, -0.05) is 172 Å². The van der Waals surface area contributed by atoms with Crippen LogP contribution in [0.2, 0.25) is 0 Å². The van der Waals surface area contributed by atoms with Crippen LogP contribution in [-0.2, 0) is 18.4 Å². The lowest BCUT2D eigenvalue weighted by Gasteiger charge is -2.25. The molecule has 8 nitrogen and oxygen atoms in total. The molecule has 0 rings (SSSR count). The number of allylic oxidation sites excluding steroid dienone is 5. The Hall–Kier alpha value is -1.28. The number of phosphoric acid groups is 1. The molecule has 0 aliphatic carbocycles. The minimum atomic E-state index is -4.33. The summed E-state index contributed by atoms with van der Waals surface area (Å²) in [7, 11) is 1.57. The summed E-state index contributed by atoms with van der Waals surface area (Å²) in [5.41, 5.74) is 0. The average Bonchev–Trinajstić information content (AvgIpc) is 3.10. The molecule has 1 amide bonds. The molecule has 0 aromatic heterocycles. The van der Waals surface area contributed by atoms with E-state index in [-0.39, 0.29) is 19.1 Å². The molecule has 3 atom stereocenters. The predicted octanol–water partition coefficient (Wildman–Crippen LogP) is 11.9. The SMILES string of the molecule is CC/C=C\C/C=C\CCCCCCCCCCCCCCCCC(=O)NC(COP(=O)(O)OCC[N+](C)(C)C)C(O)/C=C/CCCCCCCCCC. The second kappa shape index (κ2) is 36.4. The largest absolute Gasteiger partial charge is 0.472 e. The first-order valence-corrected chi connectivity index (χ1v) is 23.4. The number of rotatable bonds is 39. The van der Waals surface area contributed by atoms with Gasteiger partial charge in [0.15, 0.2) is 0 Å². The fourth-order valence-electron chi connectivity index (χ4n) is 6.14. The maximum atomic E-state index is 12.8. The first kappa shape index (κ1) is 51.7. The van der Waals surface area contributed by atoms with Gasteiger partial charge in [0, 0.05) is 6.42 Å². The van der Waals surface area contributed by atoms with Crippen LogP contribution in [0, 0.1) is 0 Å². The summed E-state index contributed by atoms with van der Waals surface area (Å²) in [6, 6.07) is -0.842. The summed E-state index contributed by atoms with van der Waals surface area (Å²) < 4.78 is 23.5. The van der Waals surface area contributed by atoms with Gasteiger partial charge in [-0.05, 0) is 44.9 Å². The van der Waals surface area contributed by atoms with Gasteiger partial charge >= 0.3 is 7.82 Å². The van der Waals surface area contributed by atoms with Gasteiger partial charge in [0.25, 0.3) is 0 Å². The molecule has 3 unspecified atom stereocenters. The van der Waals surface area contributed by atoms with E-state index in [0.717, 1.165) is 51.4 Å². The van der Waals surface area contributed by atoms with Crippen LogP contribution in [0.5, 0.6) is 0 Å². The topological polar surface area (TPSA) is 105 Å². The second-order valence-corrected chi connectivity index (χ2v) is 17.5. The summed E-state index contributed by atoms with van der Waals surface area (Å²) in [5, 5.41) is 13.8. The Kier molecular flexibility index (Phi) is 35.5. The van der Waals surface area contributed by atoms with E-state index in [1.807, 2.05) is 27.2 Å². The number of likely N-dealkylation sites (N-methyl/N-ethyl adjacent to an activating group) is 1. The molecule has 9 heteroatoms. The van der Waals surface area contributed by atoms with Gasteiger partial charge in [0.2, 0.25) is 5.91 Å². The molecule has 0 aromatic rings. The Balaban J connectivity index is 4.27. The summed E-state index contributed by atoms with van der Waals surface area (Å²) in [5.74, 6) is -0.180. The number of unbranched alkanes of at least 4 members (excludes halogenated alkanes) is 22. The lowest BCUT2D eigenvalue weighted by molar-refractivity contribution is -0.870. The van der Waals surface area contributed by atoms with Crippen molar-refractivity contribution in [3.8, 4) is 0 Å². The summed E-state index contributed by atoms with van der Waals surface area (Å²) in [6.45, 7) is 4.69. The number of carbonyl (C=O) groups is 1. The van der Waals surface area contributed by atoms with E-state index in [2.05, 4.69) is 43.5 Å². The Bertz CT molecular complexity index is 964. The first-order chi connectivity index (χ1) is 25.5. The van der Waals surface area contributed by atoms with Crippen molar-refractivity contribution in [2.75, 3.05) is 40.9 Å². The van der Waals surface area contributed by atoms with Crippen LogP contribution < -0.4 is 5.32 Å². The van der Waals surface area contributed by atoms with Crippen LogP contribution >= 0.6 is 7.82 Å². The number of amides is 1. The molecule has 0 aromatic carbocycles. The average molecular weight is 770 g/mol. The molecular formula is C44H86N2O6P+. The lowest BCUT2D eigenvalue weighted by Crippen LogP contribution is -2.45. The van der Waals surface area contributed by atoms with Crippen molar-refractivity contribution in [2.45, 2.75) is 199 Å². The van der Waals surface area contributed by atoms with Crippen molar-refractivity contribution >= 4 is 13.7 Å². The van der Waals surface area contributed by atoms with E-state index in [1.165, 1.54) is 116 Å².